The lowest BCUT2D eigenvalue weighted by atomic mass is 10.4. The van der Waals surface area contributed by atoms with Crippen LogP contribution in [-0.2, 0) is 19.4 Å². The molecule has 0 aliphatic carbocycles. The molecule has 2 heterocycles. The topological polar surface area (TPSA) is 86.2 Å². The lowest BCUT2D eigenvalue weighted by Gasteiger charge is -2.01. The highest BCUT2D eigenvalue weighted by atomic mass is 32.2. The number of ether oxygens (including phenoxy) is 1. The number of sulfone groups is 1. The number of aromatic nitrogens is 2. The highest BCUT2D eigenvalue weighted by molar-refractivity contribution is 7.91. The van der Waals surface area contributed by atoms with Crippen molar-refractivity contribution in [3.63, 3.8) is 0 Å². The molecular weight excluding hydrogens is 276 g/mol. The van der Waals surface area contributed by atoms with Gasteiger partial charge in [0.1, 0.15) is 4.83 Å². The van der Waals surface area contributed by atoms with Crippen molar-refractivity contribution in [1.29, 1.82) is 0 Å². The number of nitrogens with zero attached hydrogens (tertiary/aromatic N) is 2. The Hall–Kier alpha value is -1.54. The second kappa shape index (κ2) is 4.62. The van der Waals surface area contributed by atoms with Crippen molar-refractivity contribution in [1.82, 2.24) is 9.97 Å². The lowest BCUT2D eigenvalue weighted by Crippen LogP contribution is -2.19. The van der Waals surface area contributed by atoms with Gasteiger partial charge in [-0.1, -0.05) is 0 Å². The molecule has 0 aliphatic heterocycles. The first-order valence-electron chi connectivity index (χ1n) is 4.95. The van der Waals surface area contributed by atoms with E-state index in [-0.39, 0.29) is 5.16 Å². The van der Waals surface area contributed by atoms with Gasteiger partial charge in [0.15, 0.2) is 5.75 Å². The summed E-state index contributed by atoms with van der Waals surface area (Å²) >= 11 is 1.38. The van der Waals surface area contributed by atoms with Gasteiger partial charge in [0.05, 0.1) is 7.11 Å². The van der Waals surface area contributed by atoms with E-state index in [1.807, 2.05) is 13.0 Å². The summed E-state index contributed by atoms with van der Waals surface area (Å²) in [6, 6.07) is 1.87. The summed E-state index contributed by atoms with van der Waals surface area (Å²) in [6.45, 7) is 1.90. The Morgan fingerprint density at radius 1 is 1.50 bits per heavy atom. The number of esters is 1. The molecule has 8 heteroatoms. The summed E-state index contributed by atoms with van der Waals surface area (Å²) < 4.78 is 28.0. The maximum Gasteiger partial charge on any atom is 0.321 e. The molecule has 0 saturated heterocycles. The van der Waals surface area contributed by atoms with Crippen LogP contribution in [0.15, 0.2) is 17.4 Å². The summed E-state index contributed by atoms with van der Waals surface area (Å²) in [7, 11) is -2.71. The fraction of sp³-hybridized carbons (Fsp3) is 0.300. The number of aryl methyl sites for hydroxylation is 1. The van der Waals surface area contributed by atoms with Crippen molar-refractivity contribution in [2.75, 3.05) is 12.9 Å². The second-order valence-electron chi connectivity index (χ2n) is 3.61. The van der Waals surface area contributed by atoms with Crippen molar-refractivity contribution in [2.45, 2.75) is 12.1 Å². The monoisotopic (exact) mass is 286 g/mol. The van der Waals surface area contributed by atoms with Crippen LogP contribution in [0.1, 0.15) is 4.88 Å². The van der Waals surface area contributed by atoms with Crippen LogP contribution in [0.4, 0.5) is 0 Å². The fourth-order valence-corrected chi connectivity index (χ4v) is 3.28. The van der Waals surface area contributed by atoms with Crippen molar-refractivity contribution in [2.24, 2.45) is 0 Å². The Kier molecular flexibility index (Phi) is 3.31. The van der Waals surface area contributed by atoms with E-state index in [0.29, 0.717) is 4.83 Å². The zero-order chi connectivity index (χ0) is 13.3. The van der Waals surface area contributed by atoms with E-state index >= 15 is 0 Å². The smallest absolute Gasteiger partial charge is 0.321 e. The molecule has 0 bridgehead atoms. The van der Waals surface area contributed by atoms with Gasteiger partial charge >= 0.3 is 5.97 Å². The van der Waals surface area contributed by atoms with Gasteiger partial charge in [-0.05, 0) is 13.0 Å². The van der Waals surface area contributed by atoms with Crippen LogP contribution >= 0.6 is 11.3 Å². The van der Waals surface area contributed by atoms with Gasteiger partial charge in [0.2, 0.25) is 15.0 Å². The number of thiophene rings is 1. The summed E-state index contributed by atoms with van der Waals surface area (Å²) in [4.78, 5) is 20.4. The van der Waals surface area contributed by atoms with Crippen molar-refractivity contribution >= 4 is 37.4 Å². The maximum absolute atomic E-state index is 11.8. The van der Waals surface area contributed by atoms with Crippen LogP contribution in [0.3, 0.4) is 0 Å². The van der Waals surface area contributed by atoms with E-state index in [1.54, 1.807) is 0 Å². The molecule has 96 valence electrons. The molecule has 0 aliphatic rings. The van der Waals surface area contributed by atoms with Gasteiger partial charge in [-0.15, -0.1) is 11.3 Å². The van der Waals surface area contributed by atoms with E-state index in [1.165, 1.54) is 17.5 Å². The molecule has 0 atom stereocenters. The first kappa shape index (κ1) is 12.9. The Morgan fingerprint density at radius 2 is 2.22 bits per heavy atom. The molecule has 0 spiro atoms. The predicted molar refractivity (Wildman–Crippen MR) is 66.2 cm³/mol. The summed E-state index contributed by atoms with van der Waals surface area (Å²) in [5, 5.41) is 0.441. The number of hydrogen-bond donors (Lipinski definition) is 0. The zero-order valence-corrected chi connectivity index (χ0v) is 11.3. The number of fused-ring (bicyclic) bond motifs is 1. The third-order valence-electron chi connectivity index (χ3n) is 2.19. The SMILES string of the molecule is COC(=O)CS(=O)(=O)c1ncc2cc(C)sc2n1. The molecule has 0 N–H and O–H groups in total. The molecular formula is C10H10N2O4S2. The molecule has 0 unspecified atom stereocenters. The number of methoxy groups -OCH3 is 1. The molecule has 2 rings (SSSR count). The molecule has 0 fully saturated rings. The molecule has 0 saturated carbocycles. The van der Waals surface area contributed by atoms with Crippen LogP contribution in [0.5, 0.6) is 0 Å². The highest BCUT2D eigenvalue weighted by Gasteiger charge is 2.23. The molecule has 2 aromatic rings. The number of rotatable bonds is 3. The molecule has 2 aromatic heterocycles. The van der Waals surface area contributed by atoms with Gasteiger partial charge in [0, 0.05) is 16.5 Å². The minimum atomic E-state index is -3.84. The summed E-state index contributed by atoms with van der Waals surface area (Å²) in [6.07, 6.45) is 1.44. The van der Waals surface area contributed by atoms with Gasteiger partial charge in [0.25, 0.3) is 0 Å². The highest BCUT2D eigenvalue weighted by Crippen LogP contribution is 2.23. The Morgan fingerprint density at radius 3 is 2.89 bits per heavy atom. The van der Waals surface area contributed by atoms with Crippen LogP contribution in [0.25, 0.3) is 10.2 Å². The van der Waals surface area contributed by atoms with E-state index in [9.17, 15) is 13.2 Å². The minimum Gasteiger partial charge on any atom is -0.468 e. The molecule has 0 radical (unpaired) electrons. The zero-order valence-electron chi connectivity index (χ0n) is 9.71. The maximum atomic E-state index is 11.8. The normalized spacial score (nSPS) is 11.7. The standard InChI is InChI=1S/C10H10N2O4S2/c1-6-3-7-4-11-10(12-9(7)17-6)18(14,15)5-8(13)16-2/h3-4H,5H2,1-2H3. The van der Waals surface area contributed by atoms with E-state index < -0.39 is 21.6 Å². The van der Waals surface area contributed by atoms with Crippen LogP contribution in [0, 0.1) is 6.92 Å². The Bertz CT molecular complexity index is 706. The Balaban J connectivity index is 2.44. The summed E-state index contributed by atoms with van der Waals surface area (Å²) in [5.74, 6) is -1.58. The van der Waals surface area contributed by atoms with Crippen LogP contribution in [-0.4, -0.2) is 37.2 Å². The van der Waals surface area contributed by atoms with Gasteiger partial charge < -0.3 is 4.74 Å². The molecule has 0 amide bonds. The first-order valence-corrected chi connectivity index (χ1v) is 7.42. The third-order valence-corrected chi connectivity index (χ3v) is 4.52. The number of carbonyl (C=O) groups excluding carboxylic acids is 1. The number of hydrogen-bond acceptors (Lipinski definition) is 7. The van der Waals surface area contributed by atoms with Crippen LogP contribution < -0.4 is 0 Å². The minimum absolute atomic E-state index is 0.345. The average molecular weight is 286 g/mol. The van der Waals surface area contributed by atoms with Crippen LogP contribution in [0.2, 0.25) is 0 Å². The first-order chi connectivity index (χ1) is 8.42. The van der Waals surface area contributed by atoms with E-state index in [4.69, 9.17) is 0 Å². The molecule has 18 heavy (non-hydrogen) atoms. The van der Waals surface area contributed by atoms with Gasteiger partial charge in [-0.3, -0.25) is 4.79 Å². The summed E-state index contributed by atoms with van der Waals surface area (Å²) in [5.41, 5.74) is 0. The number of carbonyl (C=O) groups is 1. The fourth-order valence-electron chi connectivity index (χ4n) is 1.37. The van der Waals surface area contributed by atoms with Crippen molar-refractivity contribution in [3.05, 3.63) is 17.1 Å². The lowest BCUT2D eigenvalue weighted by molar-refractivity contribution is -0.137. The third kappa shape index (κ3) is 2.49. The van der Waals surface area contributed by atoms with Crippen molar-refractivity contribution in [3.8, 4) is 0 Å². The Labute approximate surface area is 108 Å². The van der Waals surface area contributed by atoms with Gasteiger partial charge in [-0.25, -0.2) is 18.4 Å². The predicted octanol–water partition coefficient (Wildman–Crippen LogP) is 0.946. The van der Waals surface area contributed by atoms with E-state index in [0.717, 1.165) is 17.4 Å². The average Bonchev–Trinajstić information content (AvgIpc) is 2.67. The van der Waals surface area contributed by atoms with Gasteiger partial charge in [-0.2, -0.15) is 0 Å². The second-order valence-corrected chi connectivity index (χ2v) is 6.72. The largest absolute Gasteiger partial charge is 0.468 e. The van der Waals surface area contributed by atoms with Crippen molar-refractivity contribution < 1.29 is 17.9 Å². The molecule has 0 aromatic carbocycles. The quantitative estimate of drug-likeness (QED) is 0.616. The van der Waals surface area contributed by atoms with E-state index in [2.05, 4.69) is 14.7 Å². The molecule has 6 nitrogen and oxygen atoms in total.